The zero-order valence-electron chi connectivity index (χ0n) is 73.6. The summed E-state index contributed by atoms with van der Waals surface area (Å²) in [6, 6.07) is 135. The van der Waals surface area contributed by atoms with E-state index in [1.165, 1.54) is 174 Å². The average molecular weight is 1980 g/mol. The maximum Gasteiger partial charge on any atom is 0.204 e. The van der Waals surface area contributed by atoms with Crippen LogP contribution in [-0.2, 0) is 0 Å². The van der Waals surface area contributed by atoms with Gasteiger partial charge in [0.1, 0.15) is 12.1 Å². The molecule has 0 bridgehead atoms. The van der Waals surface area contributed by atoms with Gasteiger partial charge in [-0.1, -0.05) is 346 Å². The third-order valence-electron chi connectivity index (χ3n) is 24.5. The fourth-order valence-corrected chi connectivity index (χ4v) is 23.7. The van der Waals surface area contributed by atoms with E-state index in [9.17, 15) is 10.5 Å². The summed E-state index contributed by atoms with van der Waals surface area (Å²) in [6.45, 7) is 19.0. The van der Waals surface area contributed by atoms with Crippen LogP contribution in [0.4, 0.5) is 0 Å². The second kappa shape index (κ2) is 40.4. The number of thiophene rings is 6. The van der Waals surface area contributed by atoms with Crippen LogP contribution in [0.2, 0.25) is 0 Å². The Bertz CT molecular complexity index is 8210. The van der Waals surface area contributed by atoms with Gasteiger partial charge in [0.2, 0.25) is 11.4 Å². The molecule has 24 rings (SSSR count). The van der Waals surface area contributed by atoms with Crippen LogP contribution in [0.5, 0.6) is 0 Å². The molecular formula is C124H78Br2N4S6. The van der Waals surface area contributed by atoms with Gasteiger partial charge in [0.25, 0.3) is 0 Å². The second-order valence-electron chi connectivity index (χ2n) is 32.8. The molecule has 0 saturated heterocycles. The van der Waals surface area contributed by atoms with Crippen molar-refractivity contribution in [2.75, 3.05) is 0 Å². The Morgan fingerprint density at radius 3 is 0.978 bits per heavy atom. The van der Waals surface area contributed by atoms with Crippen molar-refractivity contribution >= 4 is 254 Å². The van der Waals surface area contributed by atoms with Crippen molar-refractivity contribution in [3.8, 4) is 67.8 Å². The molecular weight excluding hydrogens is 1900 g/mol. The standard InChI is InChI=1S/C29H20Br2S.C29H18S.C26H16.2C20H12N2S2/c1-19-10-12-20(13-11-19)22-16-25(23-6-2-4-8-27(23)30)29(21-14-15-32-18-21)26(17-22)24-7-3-5-9-28(24)31;1-17-10-12-18(13-11-17)19-14-24-20-6-2-3-7-21(20)26-16-30-29-23-9-5-4-8-22(23)25(15-19)27(24)28(26)29;1-5-13-21-17(9-1)18-10-2-6-14-22(18)26-24-16-8-4-12-20(24)19-11-3-7-15-23(19)25(21)26;2*1-22-18(20-8-4-10-24-20)13-16-6-2-5-15(11-16)12-17(14-21)19-7-3-9-23-19/h2-18H,1H3;2-16H,1H3;1-16H;2*2-13H/b;;;2*17-12+,18-13-. The summed E-state index contributed by atoms with van der Waals surface area (Å²) in [4.78, 5) is 11.1. The van der Waals surface area contributed by atoms with Crippen molar-refractivity contribution in [3.05, 3.63) is 492 Å². The lowest BCUT2D eigenvalue weighted by Gasteiger charge is -2.19. The van der Waals surface area contributed by atoms with Crippen LogP contribution in [0.15, 0.2) is 417 Å². The van der Waals surface area contributed by atoms with E-state index in [1.807, 2.05) is 154 Å². The minimum atomic E-state index is 0.630. The summed E-state index contributed by atoms with van der Waals surface area (Å²) >= 11 is 17.4. The van der Waals surface area contributed by atoms with Crippen molar-refractivity contribution in [2.45, 2.75) is 13.8 Å². The Balaban J connectivity index is 0.000000106. The fourth-order valence-electron chi connectivity index (χ4n) is 18.2. The average Bonchev–Trinajstić information content (AvgIpc) is 1.46. The van der Waals surface area contributed by atoms with Gasteiger partial charge in [-0.25, -0.2) is 9.69 Å². The molecule has 4 nitrogen and oxygen atoms in total. The number of benzene rings is 18. The molecule has 0 aliphatic heterocycles. The summed E-state index contributed by atoms with van der Waals surface area (Å²) in [6.07, 6.45) is 7.53. The molecule has 24 aromatic rings. The molecule has 18 aromatic carbocycles. The van der Waals surface area contributed by atoms with Gasteiger partial charge >= 0.3 is 0 Å². The Kier molecular flexibility index (Phi) is 26.4. The smallest absolute Gasteiger partial charge is 0.204 e. The van der Waals surface area contributed by atoms with Crippen molar-refractivity contribution in [1.82, 2.24) is 0 Å². The van der Waals surface area contributed by atoms with E-state index in [2.05, 4.69) is 357 Å². The van der Waals surface area contributed by atoms with E-state index >= 15 is 0 Å². The summed E-state index contributed by atoms with van der Waals surface area (Å²) in [5.41, 5.74) is 21.2. The lowest BCUT2D eigenvalue weighted by molar-refractivity contribution is 1.46. The van der Waals surface area contributed by atoms with Crippen LogP contribution in [0, 0.1) is 49.7 Å². The van der Waals surface area contributed by atoms with Crippen LogP contribution in [-0.4, -0.2) is 0 Å². The van der Waals surface area contributed by atoms with Gasteiger partial charge in [0, 0.05) is 49.3 Å². The largest absolute Gasteiger partial charge is 0.237 e. The maximum atomic E-state index is 9.37. The number of fused-ring (bicyclic) bond motifs is 17. The first-order valence-corrected chi connectivity index (χ1v) is 51.1. The SMILES string of the molecule is Cc1ccc(-c2cc(-c3ccccc3Br)c(-c3ccsc3)c(-c3ccccc3Br)c2)cc1.Cc1ccc(-c2cc3c4ccccc4c4csc5c6ccccc6c(c2)c3c45)cc1.[C-]#[N+]/C(=C\c1cccc(/C=C(\C#N)c2cccs2)c1)c1cccs1.[C-]#[N+]/C(=C\c1cccc(/C=C(\C#N)c2cccs2)c1)c1cccs1.c1ccc2c(c1)c1ccccc1c1c3ccccc3c3ccccc3c21. The Labute approximate surface area is 830 Å². The first-order valence-electron chi connectivity index (χ1n) is 44.2. The molecule has 6 heterocycles. The highest BCUT2D eigenvalue weighted by Gasteiger charge is 2.24. The molecule has 644 valence electrons. The van der Waals surface area contributed by atoms with Gasteiger partial charge in [0.05, 0.1) is 24.3 Å². The molecule has 0 spiro atoms. The second-order valence-corrected chi connectivity index (χ2v) is 40.0. The van der Waals surface area contributed by atoms with Gasteiger partial charge in [-0.2, -0.15) is 44.5 Å². The van der Waals surface area contributed by atoms with E-state index in [4.69, 9.17) is 13.1 Å². The lowest BCUT2D eigenvalue weighted by atomic mass is 9.85. The summed E-state index contributed by atoms with van der Waals surface area (Å²) in [5.74, 6) is 0. The Hall–Kier alpha value is -15.1. The topological polar surface area (TPSA) is 56.3 Å². The molecule has 0 unspecified atom stereocenters. The molecule has 0 N–H and O–H groups in total. The maximum absolute atomic E-state index is 9.37. The first kappa shape index (κ1) is 88.8. The van der Waals surface area contributed by atoms with E-state index in [0.717, 1.165) is 50.7 Å². The Morgan fingerprint density at radius 1 is 0.272 bits per heavy atom. The van der Waals surface area contributed by atoms with Gasteiger partial charge < -0.3 is 0 Å². The predicted molar refractivity (Wildman–Crippen MR) is 599 cm³/mol. The number of allylic oxidation sites excluding steroid dienone is 2. The van der Waals surface area contributed by atoms with E-state index in [0.29, 0.717) is 22.5 Å². The normalized spacial score (nSPS) is 11.7. The van der Waals surface area contributed by atoms with E-state index < -0.39 is 0 Å². The molecule has 0 saturated carbocycles. The lowest BCUT2D eigenvalue weighted by Crippen LogP contribution is -1.93. The van der Waals surface area contributed by atoms with Crippen LogP contribution >= 0.6 is 99.9 Å². The number of aryl methyl sites for hydroxylation is 2. The number of hydrogen-bond acceptors (Lipinski definition) is 8. The number of hydrogen-bond donors (Lipinski definition) is 0. The highest BCUT2D eigenvalue weighted by Crippen LogP contribution is 2.52. The quantitative estimate of drug-likeness (QED) is 0.0500. The molecule has 0 aliphatic rings. The molecule has 12 heteroatoms. The van der Waals surface area contributed by atoms with Gasteiger partial charge in [-0.15, -0.1) is 34.0 Å². The van der Waals surface area contributed by atoms with Crippen molar-refractivity contribution < 1.29 is 0 Å². The third kappa shape index (κ3) is 18.3. The number of nitriles is 2. The fraction of sp³-hybridized carbons (Fsp3) is 0.0161. The van der Waals surface area contributed by atoms with Crippen LogP contribution in [0.3, 0.4) is 0 Å². The minimum Gasteiger partial charge on any atom is -0.237 e. The minimum absolute atomic E-state index is 0.630. The highest BCUT2D eigenvalue weighted by molar-refractivity contribution is 9.11. The molecule has 136 heavy (non-hydrogen) atoms. The van der Waals surface area contributed by atoms with Gasteiger partial charge in [-0.3, -0.25) is 0 Å². The van der Waals surface area contributed by atoms with Crippen LogP contribution in [0.25, 0.3) is 219 Å². The number of nitrogens with zero attached hydrogens (tertiary/aromatic N) is 4. The van der Waals surface area contributed by atoms with Crippen molar-refractivity contribution in [2.24, 2.45) is 0 Å². The third-order valence-corrected chi connectivity index (χ3v) is 31.1. The van der Waals surface area contributed by atoms with Crippen molar-refractivity contribution in [1.29, 1.82) is 10.5 Å². The van der Waals surface area contributed by atoms with Crippen LogP contribution < -0.4 is 0 Å². The molecule has 0 radical (unpaired) electrons. The molecule has 6 aromatic heterocycles. The van der Waals surface area contributed by atoms with Crippen molar-refractivity contribution in [3.63, 3.8) is 0 Å². The summed E-state index contributed by atoms with van der Waals surface area (Å²) in [7, 11) is 0. The molecule has 0 aliphatic carbocycles. The summed E-state index contributed by atoms with van der Waals surface area (Å²) < 4.78 is 3.60. The number of rotatable bonds is 13. The van der Waals surface area contributed by atoms with Gasteiger partial charge in [0.15, 0.2) is 0 Å². The Morgan fingerprint density at radius 2 is 0.610 bits per heavy atom. The first-order chi connectivity index (χ1) is 66.9. The molecule has 0 atom stereocenters. The zero-order chi connectivity index (χ0) is 92.5. The monoisotopic (exact) mass is 1970 g/mol. The molecule has 0 amide bonds. The molecule has 0 fully saturated rings. The van der Waals surface area contributed by atoms with E-state index in [1.54, 1.807) is 56.7 Å². The summed E-state index contributed by atoms with van der Waals surface area (Å²) in [5, 5.41) is 59.1. The van der Waals surface area contributed by atoms with E-state index in [-0.39, 0.29) is 0 Å². The predicted octanol–water partition coefficient (Wildman–Crippen LogP) is 39.2. The van der Waals surface area contributed by atoms with Gasteiger partial charge in [-0.05, 0) is 307 Å². The zero-order valence-corrected chi connectivity index (χ0v) is 81.6. The van der Waals surface area contributed by atoms with Crippen LogP contribution in [0.1, 0.15) is 52.9 Å². The number of halogens is 2. The highest BCUT2D eigenvalue weighted by atomic mass is 79.9.